The minimum Gasteiger partial charge on any atom is -0.165 e. The molecule has 1 radical (unpaired) electrons. The van der Waals surface area contributed by atoms with Crippen molar-refractivity contribution in [3.63, 3.8) is 0 Å². The molecule has 0 rings (SSSR count). The molecule has 0 N–H and O–H groups in total. The number of hydrogen-bond donors (Lipinski definition) is 0. The fourth-order valence-corrected chi connectivity index (χ4v) is 2.51. The topological polar surface area (TPSA) is 0 Å². The highest BCUT2D eigenvalue weighted by atomic mass is 32.2. The average molecular weight is 243 g/mol. The highest BCUT2D eigenvalue weighted by Crippen LogP contribution is 2.12. The van der Waals surface area contributed by atoms with Gasteiger partial charge in [0.2, 0.25) is 0 Å². The quantitative estimate of drug-likeness (QED) is 0.365. The van der Waals surface area contributed by atoms with Crippen LogP contribution in [0.5, 0.6) is 0 Å². The van der Waals surface area contributed by atoms with Crippen LogP contribution >= 0.6 is 11.8 Å². The summed E-state index contributed by atoms with van der Waals surface area (Å²) < 4.78 is 0. The Morgan fingerprint density at radius 2 is 1.00 bits per heavy atom. The van der Waals surface area contributed by atoms with Crippen molar-refractivity contribution in [2.45, 2.75) is 77.0 Å². The predicted molar refractivity (Wildman–Crippen MR) is 79.1 cm³/mol. The number of thioether (sulfide) groups is 1. The van der Waals surface area contributed by atoms with E-state index >= 15 is 0 Å². The second-order valence-corrected chi connectivity index (χ2v) is 5.72. The summed E-state index contributed by atoms with van der Waals surface area (Å²) in [6.07, 6.45) is 19.1. The molecule has 0 heterocycles. The third-order valence-electron chi connectivity index (χ3n) is 3.10. The van der Waals surface area contributed by atoms with E-state index in [9.17, 15) is 0 Å². The Labute approximate surface area is 108 Å². The molecular weight excluding hydrogens is 212 g/mol. The zero-order valence-electron chi connectivity index (χ0n) is 11.3. The first-order valence-electron chi connectivity index (χ1n) is 7.20. The van der Waals surface area contributed by atoms with Gasteiger partial charge in [-0.05, 0) is 18.4 Å². The number of hydrogen-bond acceptors (Lipinski definition) is 1. The smallest absolute Gasteiger partial charge is 0.00703 e. The summed E-state index contributed by atoms with van der Waals surface area (Å²) in [5, 5.41) is 0. The maximum Gasteiger partial charge on any atom is -0.00703 e. The molecular formula is C15H31S. The van der Waals surface area contributed by atoms with Gasteiger partial charge in [0.15, 0.2) is 0 Å². The van der Waals surface area contributed by atoms with E-state index in [2.05, 4.69) is 13.2 Å². The Balaban J connectivity index is 2.83. The van der Waals surface area contributed by atoms with Gasteiger partial charge < -0.3 is 0 Å². The summed E-state index contributed by atoms with van der Waals surface area (Å²) in [7, 11) is 0. The molecule has 0 fully saturated rings. The lowest BCUT2D eigenvalue weighted by molar-refractivity contribution is 0.551. The highest BCUT2D eigenvalue weighted by Gasteiger charge is 1.92. The molecule has 16 heavy (non-hydrogen) atoms. The third-order valence-corrected chi connectivity index (χ3v) is 3.80. The Morgan fingerprint density at radius 3 is 1.38 bits per heavy atom. The van der Waals surface area contributed by atoms with Crippen LogP contribution in [0.15, 0.2) is 0 Å². The molecule has 0 aromatic rings. The molecule has 0 saturated heterocycles. The van der Waals surface area contributed by atoms with E-state index in [0.29, 0.717) is 0 Å². The van der Waals surface area contributed by atoms with Gasteiger partial charge in [0.1, 0.15) is 0 Å². The number of unbranched alkanes of at least 4 members (excludes halogenated alkanes) is 11. The summed E-state index contributed by atoms with van der Waals surface area (Å²) in [5.41, 5.74) is 0. The van der Waals surface area contributed by atoms with Crippen LogP contribution in [0, 0.1) is 6.92 Å². The molecule has 0 amide bonds. The van der Waals surface area contributed by atoms with E-state index in [-0.39, 0.29) is 0 Å². The minimum absolute atomic E-state index is 1.12. The van der Waals surface area contributed by atoms with Gasteiger partial charge in [-0.25, -0.2) is 0 Å². The fourth-order valence-electron chi connectivity index (χ4n) is 2.01. The van der Waals surface area contributed by atoms with Crippen molar-refractivity contribution >= 4 is 11.8 Å². The molecule has 0 aliphatic rings. The molecule has 0 unspecified atom stereocenters. The third kappa shape index (κ3) is 14.4. The maximum absolute atomic E-state index is 3.87. The van der Waals surface area contributed by atoms with Crippen molar-refractivity contribution in [3.05, 3.63) is 6.92 Å². The first-order valence-corrected chi connectivity index (χ1v) is 8.59. The van der Waals surface area contributed by atoms with E-state index in [0.717, 1.165) is 6.42 Å². The maximum atomic E-state index is 3.87. The first-order chi connectivity index (χ1) is 7.91. The van der Waals surface area contributed by atoms with Crippen molar-refractivity contribution < 1.29 is 0 Å². The van der Waals surface area contributed by atoms with Crippen LogP contribution in [0.2, 0.25) is 0 Å². The highest BCUT2D eigenvalue weighted by molar-refractivity contribution is 7.98. The Morgan fingerprint density at radius 1 is 0.625 bits per heavy atom. The van der Waals surface area contributed by atoms with Gasteiger partial charge >= 0.3 is 0 Å². The molecule has 0 nitrogen and oxygen atoms in total. The molecule has 0 atom stereocenters. The second-order valence-electron chi connectivity index (χ2n) is 4.74. The van der Waals surface area contributed by atoms with Crippen LogP contribution in [0.3, 0.4) is 0 Å². The monoisotopic (exact) mass is 243 g/mol. The van der Waals surface area contributed by atoms with Gasteiger partial charge in [0, 0.05) is 0 Å². The summed E-state index contributed by atoms with van der Waals surface area (Å²) in [4.78, 5) is 0. The van der Waals surface area contributed by atoms with Crippen LogP contribution in [0.4, 0.5) is 0 Å². The van der Waals surface area contributed by atoms with Gasteiger partial charge in [-0.15, -0.1) is 0 Å². The molecule has 1 heteroatoms. The van der Waals surface area contributed by atoms with Crippen molar-refractivity contribution in [1.29, 1.82) is 0 Å². The second kappa shape index (κ2) is 15.4. The number of rotatable bonds is 13. The van der Waals surface area contributed by atoms with E-state index in [1.54, 1.807) is 0 Å². The molecule has 0 aromatic carbocycles. The van der Waals surface area contributed by atoms with Crippen LogP contribution in [0.1, 0.15) is 77.0 Å². The Hall–Kier alpha value is 0.350. The summed E-state index contributed by atoms with van der Waals surface area (Å²) in [6.45, 7) is 3.87. The standard InChI is InChI=1S/C15H31S/c1-3-4-5-6-7-8-9-10-11-12-13-14-15-16-2/h1,3-15H2,2H3. The van der Waals surface area contributed by atoms with Crippen LogP contribution in [0.25, 0.3) is 0 Å². The molecule has 97 valence electrons. The lowest BCUT2D eigenvalue weighted by atomic mass is 10.1. The van der Waals surface area contributed by atoms with Gasteiger partial charge in [0.05, 0.1) is 0 Å². The zero-order valence-corrected chi connectivity index (χ0v) is 12.1. The first kappa shape index (κ1) is 16.4. The van der Waals surface area contributed by atoms with E-state index in [4.69, 9.17) is 0 Å². The van der Waals surface area contributed by atoms with E-state index < -0.39 is 0 Å². The normalized spacial score (nSPS) is 10.9. The molecule has 0 aliphatic carbocycles. The van der Waals surface area contributed by atoms with E-state index in [1.165, 1.54) is 76.4 Å². The molecule has 0 bridgehead atoms. The largest absolute Gasteiger partial charge is 0.165 e. The molecule has 0 aliphatic heterocycles. The fraction of sp³-hybridized carbons (Fsp3) is 0.933. The van der Waals surface area contributed by atoms with Gasteiger partial charge in [0.25, 0.3) is 0 Å². The van der Waals surface area contributed by atoms with Crippen LogP contribution < -0.4 is 0 Å². The van der Waals surface area contributed by atoms with Crippen molar-refractivity contribution in [2.75, 3.05) is 12.0 Å². The molecule has 0 saturated carbocycles. The predicted octanol–water partition coefficient (Wildman–Crippen LogP) is 5.86. The van der Waals surface area contributed by atoms with Crippen LogP contribution in [-0.4, -0.2) is 12.0 Å². The SMILES string of the molecule is [CH2]CCCCCCCCCCCCCSC. The Kier molecular flexibility index (Phi) is 15.7. The summed E-state index contributed by atoms with van der Waals surface area (Å²) >= 11 is 1.98. The zero-order chi connectivity index (χ0) is 11.9. The van der Waals surface area contributed by atoms with Gasteiger partial charge in [-0.1, -0.05) is 77.6 Å². The van der Waals surface area contributed by atoms with Gasteiger partial charge in [-0.2, -0.15) is 11.8 Å². The van der Waals surface area contributed by atoms with E-state index in [1.807, 2.05) is 11.8 Å². The Bertz CT molecular complexity index is 98.0. The van der Waals surface area contributed by atoms with Crippen molar-refractivity contribution in [3.8, 4) is 0 Å². The van der Waals surface area contributed by atoms with Gasteiger partial charge in [-0.3, -0.25) is 0 Å². The minimum atomic E-state index is 1.12. The lowest BCUT2D eigenvalue weighted by Crippen LogP contribution is -1.83. The summed E-state index contributed by atoms with van der Waals surface area (Å²) in [5.74, 6) is 1.35. The molecule has 0 spiro atoms. The lowest BCUT2D eigenvalue weighted by Gasteiger charge is -2.02. The van der Waals surface area contributed by atoms with Crippen molar-refractivity contribution in [1.82, 2.24) is 0 Å². The summed E-state index contributed by atoms with van der Waals surface area (Å²) in [6, 6.07) is 0. The van der Waals surface area contributed by atoms with Crippen molar-refractivity contribution in [2.24, 2.45) is 0 Å². The average Bonchev–Trinajstić information content (AvgIpc) is 2.31. The molecule has 0 aromatic heterocycles. The van der Waals surface area contributed by atoms with Crippen LogP contribution in [-0.2, 0) is 0 Å².